The van der Waals surface area contributed by atoms with E-state index in [2.05, 4.69) is 23.6 Å². The lowest BCUT2D eigenvalue weighted by Gasteiger charge is -2.62. The molecule has 0 saturated carbocycles. The van der Waals surface area contributed by atoms with Gasteiger partial charge in [0.2, 0.25) is 6.79 Å². The highest BCUT2D eigenvalue weighted by Crippen LogP contribution is 2.56. The maximum absolute atomic E-state index is 13.8. The van der Waals surface area contributed by atoms with Gasteiger partial charge in [0.05, 0.1) is 31.9 Å². The van der Waals surface area contributed by atoms with Gasteiger partial charge >= 0.3 is 0 Å². The Kier molecular flexibility index (Phi) is 6.04. The van der Waals surface area contributed by atoms with Crippen molar-refractivity contribution in [1.82, 2.24) is 9.80 Å². The first-order chi connectivity index (χ1) is 18.7. The lowest BCUT2D eigenvalue weighted by Crippen LogP contribution is -2.74. The molecule has 0 radical (unpaired) electrons. The van der Waals surface area contributed by atoms with E-state index in [0.29, 0.717) is 29.4 Å². The van der Waals surface area contributed by atoms with Gasteiger partial charge in [-0.1, -0.05) is 18.7 Å². The number of benzene rings is 1. The van der Waals surface area contributed by atoms with Gasteiger partial charge in [-0.05, 0) is 38.4 Å². The number of nitriles is 1. The molecule has 10 nitrogen and oxygen atoms in total. The van der Waals surface area contributed by atoms with Gasteiger partial charge < -0.3 is 29.2 Å². The van der Waals surface area contributed by atoms with Gasteiger partial charge in [0.15, 0.2) is 34.4 Å². The van der Waals surface area contributed by atoms with Crippen LogP contribution in [0.15, 0.2) is 41.4 Å². The zero-order valence-corrected chi connectivity index (χ0v) is 22.6. The number of piperazine rings is 1. The molecular weight excluding hydrogens is 502 g/mol. The molecule has 206 valence electrons. The van der Waals surface area contributed by atoms with Crippen molar-refractivity contribution in [2.24, 2.45) is 0 Å². The number of Topliss-reactive ketones (excluding diaryl/α,β-unsaturated/α-hetero) is 1. The highest BCUT2D eigenvalue weighted by molar-refractivity contribution is 6.06. The number of rotatable bonds is 5. The molecule has 4 aliphatic heterocycles. The highest BCUT2D eigenvalue weighted by Gasteiger charge is 2.64. The number of carbonyl (C=O) groups is 1. The molecule has 2 unspecified atom stereocenters. The van der Waals surface area contributed by atoms with Gasteiger partial charge in [0, 0.05) is 35.2 Å². The van der Waals surface area contributed by atoms with E-state index in [-0.39, 0.29) is 43.1 Å². The van der Waals surface area contributed by atoms with E-state index in [1.807, 2.05) is 18.9 Å². The Balaban J connectivity index is 1.59. The Morgan fingerprint density at radius 3 is 2.69 bits per heavy atom. The third-order valence-electron chi connectivity index (χ3n) is 9.08. The molecule has 1 aromatic rings. The lowest BCUT2D eigenvalue weighted by molar-refractivity contribution is -0.150. The van der Waals surface area contributed by atoms with Crippen LogP contribution in [0.25, 0.3) is 0 Å². The second-order valence-corrected chi connectivity index (χ2v) is 10.9. The molecule has 6 rings (SSSR count). The first-order valence-electron chi connectivity index (χ1n) is 13.2. The molecule has 4 heterocycles. The van der Waals surface area contributed by atoms with Crippen molar-refractivity contribution in [2.45, 2.75) is 62.5 Å². The molecule has 0 spiro atoms. The van der Waals surface area contributed by atoms with Crippen LogP contribution in [0.2, 0.25) is 0 Å². The number of aryl methyl sites for hydroxylation is 1. The van der Waals surface area contributed by atoms with Crippen LogP contribution in [0.4, 0.5) is 0 Å². The summed E-state index contributed by atoms with van der Waals surface area (Å²) in [6, 6.07) is 2.05. The Bertz CT molecular complexity index is 1380. The van der Waals surface area contributed by atoms with Crippen LogP contribution in [0.5, 0.6) is 11.5 Å². The van der Waals surface area contributed by atoms with E-state index in [4.69, 9.17) is 18.9 Å². The number of aliphatic hydroxyl groups is 2. The maximum atomic E-state index is 13.8. The van der Waals surface area contributed by atoms with E-state index in [1.165, 1.54) is 0 Å². The first-order valence-corrected chi connectivity index (χ1v) is 13.2. The van der Waals surface area contributed by atoms with E-state index in [0.717, 1.165) is 16.7 Å². The van der Waals surface area contributed by atoms with Crippen LogP contribution >= 0.6 is 0 Å². The quantitative estimate of drug-likeness (QED) is 0.538. The summed E-state index contributed by atoms with van der Waals surface area (Å²) in [6.45, 7) is 7.15. The summed E-state index contributed by atoms with van der Waals surface area (Å²) >= 11 is 0. The molecular formula is C29H33N3O7. The topological polar surface area (TPSA) is 125 Å². The van der Waals surface area contributed by atoms with Crippen LogP contribution in [0.1, 0.15) is 36.1 Å². The number of methoxy groups -OCH3 is 1. The predicted octanol–water partition coefficient (Wildman–Crippen LogP) is 1.65. The zero-order valence-electron chi connectivity index (χ0n) is 22.6. The van der Waals surface area contributed by atoms with E-state index >= 15 is 0 Å². The second-order valence-electron chi connectivity index (χ2n) is 10.9. The van der Waals surface area contributed by atoms with Crippen molar-refractivity contribution >= 4 is 5.78 Å². The minimum Gasteiger partial charge on any atom is -0.493 e. The fourth-order valence-corrected chi connectivity index (χ4v) is 7.57. The largest absolute Gasteiger partial charge is 0.493 e. The van der Waals surface area contributed by atoms with Gasteiger partial charge in [-0.2, -0.15) is 5.26 Å². The van der Waals surface area contributed by atoms with Crippen LogP contribution < -0.4 is 9.47 Å². The average molecular weight is 536 g/mol. The summed E-state index contributed by atoms with van der Waals surface area (Å²) in [6.07, 6.45) is 2.25. The maximum Gasteiger partial charge on any atom is 0.231 e. The molecule has 3 saturated heterocycles. The fraction of sp³-hybridized carbons (Fsp3) is 0.517. The van der Waals surface area contributed by atoms with Crippen molar-refractivity contribution in [2.75, 3.05) is 34.2 Å². The fourth-order valence-electron chi connectivity index (χ4n) is 7.57. The summed E-state index contributed by atoms with van der Waals surface area (Å²) in [4.78, 5) is 17.9. The summed E-state index contributed by atoms with van der Waals surface area (Å²) < 4.78 is 23.4. The van der Waals surface area contributed by atoms with Crippen molar-refractivity contribution in [3.8, 4) is 17.6 Å². The van der Waals surface area contributed by atoms with Crippen molar-refractivity contribution < 1.29 is 34.0 Å². The summed E-state index contributed by atoms with van der Waals surface area (Å²) in [5.41, 5.74) is 1.49. The van der Waals surface area contributed by atoms with Crippen molar-refractivity contribution in [1.29, 1.82) is 5.26 Å². The number of carbonyl (C=O) groups excluding carboxylic acids is 1. The van der Waals surface area contributed by atoms with Gasteiger partial charge in [-0.15, -0.1) is 0 Å². The molecule has 10 heteroatoms. The van der Waals surface area contributed by atoms with Crippen LogP contribution in [0.3, 0.4) is 0 Å². The minimum absolute atomic E-state index is 0.00554. The molecule has 39 heavy (non-hydrogen) atoms. The third-order valence-corrected chi connectivity index (χ3v) is 9.08. The van der Waals surface area contributed by atoms with Gasteiger partial charge in [-0.25, -0.2) is 0 Å². The number of hydrogen-bond donors (Lipinski definition) is 2. The Morgan fingerprint density at radius 2 is 2.03 bits per heavy atom. The number of ether oxygens (including phenoxy) is 4. The standard InChI is InChI=1S/C29H33N3O7/c1-6-7-37-26-21-16(8-14(2)24(26)36-5)9-17-19(11-30)32-18(23(21)31(17)4)10-29(35)22(20(32)12-33)27-25(38-13-39-27)15(3)28(29)34/h6,8,17-20,23,33,35H,1,7,9-10,12-13H2,2-5H3/t17-,18-,19-,20-,23?,29?/m0/s1. The molecule has 0 aromatic heterocycles. The minimum atomic E-state index is -1.92. The SMILES string of the molecule is C=CCOc1c(OC)c(C)cc2c1C1[C@@H]3CC4(O)C(=O)C(C)=C5OCOC5=C4[C@H](CO)N3[C@@H](C#N)[C@H](C2)N1C. The molecule has 1 aliphatic carbocycles. The second kappa shape index (κ2) is 9.10. The molecule has 0 amide bonds. The molecule has 3 fully saturated rings. The number of aliphatic hydroxyl groups excluding tert-OH is 1. The van der Waals surface area contributed by atoms with E-state index in [1.54, 1.807) is 20.1 Å². The highest BCUT2D eigenvalue weighted by atomic mass is 16.7. The number of likely N-dealkylation sites (N-methyl/N-ethyl adjacent to an activating group) is 1. The smallest absolute Gasteiger partial charge is 0.231 e. The average Bonchev–Trinajstić information content (AvgIpc) is 3.40. The monoisotopic (exact) mass is 535 g/mol. The molecule has 2 bridgehead atoms. The van der Waals surface area contributed by atoms with Gasteiger partial charge in [-0.3, -0.25) is 14.6 Å². The number of ketones is 1. The van der Waals surface area contributed by atoms with Crippen LogP contribution in [-0.2, 0) is 20.7 Å². The predicted molar refractivity (Wildman–Crippen MR) is 139 cm³/mol. The number of piperidine rings is 1. The lowest BCUT2D eigenvalue weighted by atomic mass is 9.65. The van der Waals surface area contributed by atoms with Crippen molar-refractivity contribution in [3.05, 3.63) is 58.1 Å². The van der Waals surface area contributed by atoms with Crippen LogP contribution in [-0.4, -0.2) is 89.7 Å². The van der Waals surface area contributed by atoms with E-state index in [9.17, 15) is 20.3 Å². The summed E-state index contributed by atoms with van der Waals surface area (Å²) in [5.74, 6) is 1.32. The van der Waals surface area contributed by atoms with E-state index < -0.39 is 36.1 Å². The van der Waals surface area contributed by atoms with Gasteiger partial charge in [0.1, 0.15) is 12.6 Å². The summed E-state index contributed by atoms with van der Waals surface area (Å²) in [5, 5.41) is 33.5. The number of hydrogen-bond acceptors (Lipinski definition) is 10. The first kappa shape index (κ1) is 25.9. The normalized spacial score (nSPS) is 33.3. The molecule has 2 N–H and O–H groups in total. The Morgan fingerprint density at radius 1 is 1.28 bits per heavy atom. The molecule has 6 atom stereocenters. The number of fused-ring (bicyclic) bond motifs is 8. The third kappa shape index (κ3) is 3.31. The van der Waals surface area contributed by atoms with Crippen LogP contribution in [0, 0.1) is 18.3 Å². The Labute approximate surface area is 227 Å². The summed E-state index contributed by atoms with van der Waals surface area (Å²) in [7, 11) is 3.57. The zero-order chi connectivity index (χ0) is 27.8. The van der Waals surface area contributed by atoms with Crippen molar-refractivity contribution in [3.63, 3.8) is 0 Å². The Hall–Kier alpha value is -3.36. The van der Waals surface area contributed by atoms with Gasteiger partial charge in [0.25, 0.3) is 0 Å². The molecule has 5 aliphatic rings. The number of nitrogens with zero attached hydrogens (tertiary/aromatic N) is 3. The molecule has 1 aromatic carbocycles.